The van der Waals surface area contributed by atoms with Crippen molar-refractivity contribution in [3.05, 3.63) is 23.8 Å². The summed E-state index contributed by atoms with van der Waals surface area (Å²) in [5, 5.41) is 0.0665. The third-order valence-electron chi connectivity index (χ3n) is 2.32. The van der Waals surface area contributed by atoms with Crippen LogP contribution in [-0.4, -0.2) is 15.3 Å². The van der Waals surface area contributed by atoms with Gasteiger partial charge in [0.1, 0.15) is 5.82 Å². The van der Waals surface area contributed by atoms with E-state index in [0.717, 1.165) is 11.5 Å². The van der Waals surface area contributed by atoms with E-state index in [-0.39, 0.29) is 11.3 Å². The summed E-state index contributed by atoms with van der Waals surface area (Å²) >= 11 is 6.15. The lowest BCUT2D eigenvalue weighted by Crippen LogP contribution is -2.18. The minimum Gasteiger partial charge on any atom is -0.241 e. The Labute approximate surface area is 90.7 Å². The molecule has 14 heavy (non-hydrogen) atoms. The third-order valence-corrected chi connectivity index (χ3v) is 2.60. The highest BCUT2D eigenvalue weighted by Crippen LogP contribution is 2.28. The van der Waals surface area contributed by atoms with Crippen molar-refractivity contribution in [3.63, 3.8) is 0 Å². The van der Waals surface area contributed by atoms with Crippen LogP contribution in [0.5, 0.6) is 0 Å². The molecule has 78 valence electrons. The molecule has 0 saturated heterocycles. The zero-order chi connectivity index (χ0) is 10.7. The molecule has 1 rings (SSSR count). The number of aryl methyl sites for hydroxylation is 1. The summed E-state index contributed by atoms with van der Waals surface area (Å²) in [6.07, 6.45) is 1.80. The normalized spacial score (nSPS) is 15.6. The first-order valence-electron chi connectivity index (χ1n) is 4.96. The maximum absolute atomic E-state index is 6.15. The molecule has 0 aliphatic carbocycles. The molecule has 3 heteroatoms. The van der Waals surface area contributed by atoms with E-state index in [0.29, 0.717) is 5.92 Å². The van der Waals surface area contributed by atoms with Crippen LogP contribution >= 0.6 is 11.6 Å². The molecule has 2 unspecified atom stereocenters. The molecule has 0 fully saturated rings. The van der Waals surface area contributed by atoms with Crippen molar-refractivity contribution in [1.82, 2.24) is 9.97 Å². The fourth-order valence-electron chi connectivity index (χ4n) is 1.66. The van der Waals surface area contributed by atoms with Crippen molar-refractivity contribution in [2.75, 3.05) is 0 Å². The Kier molecular flexibility index (Phi) is 3.87. The highest BCUT2D eigenvalue weighted by atomic mass is 35.5. The molecule has 0 bridgehead atoms. The second kappa shape index (κ2) is 4.74. The lowest BCUT2D eigenvalue weighted by Gasteiger charge is -2.21. The van der Waals surface area contributed by atoms with Crippen LogP contribution in [0.25, 0.3) is 0 Å². The van der Waals surface area contributed by atoms with Crippen molar-refractivity contribution >= 4 is 11.6 Å². The van der Waals surface area contributed by atoms with E-state index >= 15 is 0 Å². The van der Waals surface area contributed by atoms with Crippen LogP contribution in [0.15, 0.2) is 12.3 Å². The van der Waals surface area contributed by atoms with Crippen molar-refractivity contribution in [3.8, 4) is 0 Å². The highest BCUT2D eigenvalue weighted by Gasteiger charge is 2.23. The quantitative estimate of drug-likeness (QED) is 0.720. The molecule has 0 aliphatic rings. The molecule has 0 aromatic carbocycles. The Morgan fingerprint density at radius 2 is 1.93 bits per heavy atom. The number of rotatable bonds is 3. The average molecular weight is 213 g/mol. The Morgan fingerprint density at radius 3 is 2.36 bits per heavy atom. The van der Waals surface area contributed by atoms with Gasteiger partial charge < -0.3 is 0 Å². The smallest absolute Gasteiger partial charge is 0.133 e. The van der Waals surface area contributed by atoms with Crippen LogP contribution in [-0.2, 0) is 0 Å². The number of hydrogen-bond acceptors (Lipinski definition) is 2. The van der Waals surface area contributed by atoms with E-state index < -0.39 is 0 Å². The monoisotopic (exact) mass is 212 g/mol. The second-order valence-electron chi connectivity index (χ2n) is 4.00. The van der Waals surface area contributed by atoms with Crippen LogP contribution in [0.4, 0.5) is 0 Å². The van der Waals surface area contributed by atoms with Gasteiger partial charge in [-0.3, -0.25) is 0 Å². The summed E-state index contributed by atoms with van der Waals surface area (Å²) in [7, 11) is 0. The maximum atomic E-state index is 6.15. The molecule has 2 atom stereocenters. The molecule has 0 N–H and O–H groups in total. The standard InChI is InChI=1S/C11H17ClN2/c1-7(2)10(9(4)12)11-13-6-5-8(3)14-11/h5-7,9-10H,1-4H3. The van der Waals surface area contributed by atoms with Crippen molar-refractivity contribution in [1.29, 1.82) is 0 Å². The van der Waals surface area contributed by atoms with Gasteiger partial charge in [0.15, 0.2) is 0 Å². The summed E-state index contributed by atoms with van der Waals surface area (Å²) in [6, 6.07) is 1.90. The zero-order valence-electron chi connectivity index (χ0n) is 9.16. The van der Waals surface area contributed by atoms with E-state index in [9.17, 15) is 0 Å². The van der Waals surface area contributed by atoms with Gasteiger partial charge in [0.2, 0.25) is 0 Å². The van der Waals surface area contributed by atoms with Gasteiger partial charge in [-0.25, -0.2) is 9.97 Å². The highest BCUT2D eigenvalue weighted by molar-refractivity contribution is 6.20. The minimum atomic E-state index is 0.0665. The SMILES string of the molecule is Cc1ccnc(C(C(C)C)C(C)Cl)n1. The minimum absolute atomic E-state index is 0.0665. The van der Waals surface area contributed by atoms with Gasteiger partial charge in [0, 0.05) is 23.2 Å². The predicted octanol–water partition coefficient (Wildman–Crippen LogP) is 3.15. The molecule has 0 aliphatic heterocycles. The third kappa shape index (κ3) is 2.68. The zero-order valence-corrected chi connectivity index (χ0v) is 9.92. The summed E-state index contributed by atoms with van der Waals surface area (Å²) in [5.74, 6) is 1.56. The predicted molar refractivity (Wildman–Crippen MR) is 59.7 cm³/mol. The Balaban J connectivity index is 2.99. The fraction of sp³-hybridized carbons (Fsp3) is 0.636. The van der Waals surface area contributed by atoms with Crippen LogP contribution in [0.2, 0.25) is 0 Å². The molecule has 1 heterocycles. The first-order chi connectivity index (χ1) is 6.52. The van der Waals surface area contributed by atoms with Gasteiger partial charge in [0.25, 0.3) is 0 Å². The van der Waals surface area contributed by atoms with Gasteiger partial charge >= 0.3 is 0 Å². The van der Waals surface area contributed by atoms with Crippen LogP contribution in [0.3, 0.4) is 0 Å². The lowest BCUT2D eigenvalue weighted by molar-refractivity contribution is 0.467. The van der Waals surface area contributed by atoms with Crippen molar-refractivity contribution in [2.45, 2.75) is 39.0 Å². The lowest BCUT2D eigenvalue weighted by atomic mass is 9.92. The van der Waals surface area contributed by atoms with Gasteiger partial charge in [0.05, 0.1) is 0 Å². The molecule has 0 amide bonds. The number of aromatic nitrogens is 2. The second-order valence-corrected chi connectivity index (χ2v) is 4.69. The van der Waals surface area contributed by atoms with Gasteiger partial charge in [-0.1, -0.05) is 13.8 Å². The van der Waals surface area contributed by atoms with Gasteiger partial charge in [-0.15, -0.1) is 11.6 Å². The summed E-state index contributed by atoms with van der Waals surface area (Å²) in [4.78, 5) is 8.71. The molecule has 2 nitrogen and oxygen atoms in total. The van der Waals surface area contributed by atoms with E-state index in [4.69, 9.17) is 11.6 Å². The molecular formula is C11H17ClN2. The fourth-order valence-corrected chi connectivity index (χ4v) is 2.07. The van der Waals surface area contributed by atoms with Gasteiger partial charge in [-0.2, -0.15) is 0 Å². The molecular weight excluding hydrogens is 196 g/mol. The van der Waals surface area contributed by atoms with E-state index in [1.54, 1.807) is 6.20 Å². The van der Waals surface area contributed by atoms with E-state index in [1.165, 1.54) is 0 Å². The maximum Gasteiger partial charge on any atom is 0.133 e. The van der Waals surface area contributed by atoms with Crippen LogP contribution in [0, 0.1) is 12.8 Å². The van der Waals surface area contributed by atoms with Crippen molar-refractivity contribution in [2.24, 2.45) is 5.92 Å². The molecule has 0 spiro atoms. The molecule has 1 aromatic heterocycles. The number of nitrogens with zero attached hydrogens (tertiary/aromatic N) is 2. The average Bonchev–Trinajstić information content (AvgIpc) is 2.02. The first kappa shape index (κ1) is 11.4. The largest absolute Gasteiger partial charge is 0.241 e. The Morgan fingerprint density at radius 1 is 1.29 bits per heavy atom. The number of alkyl halides is 1. The van der Waals surface area contributed by atoms with Crippen LogP contribution in [0.1, 0.15) is 38.2 Å². The van der Waals surface area contributed by atoms with Crippen LogP contribution < -0.4 is 0 Å². The summed E-state index contributed by atoms with van der Waals surface area (Å²) in [6.45, 7) is 8.27. The Hall–Kier alpha value is -0.630. The van der Waals surface area contributed by atoms with Gasteiger partial charge in [-0.05, 0) is 25.8 Å². The number of hydrogen-bond donors (Lipinski definition) is 0. The number of halogens is 1. The molecule has 0 radical (unpaired) electrons. The molecule has 1 aromatic rings. The topological polar surface area (TPSA) is 25.8 Å². The van der Waals surface area contributed by atoms with E-state index in [2.05, 4.69) is 23.8 Å². The molecule has 0 saturated carbocycles. The Bertz CT molecular complexity index is 289. The summed E-state index contributed by atoms with van der Waals surface area (Å²) < 4.78 is 0. The van der Waals surface area contributed by atoms with E-state index in [1.807, 2.05) is 19.9 Å². The first-order valence-corrected chi connectivity index (χ1v) is 5.39. The summed E-state index contributed by atoms with van der Waals surface area (Å²) in [5.41, 5.74) is 0.998. The van der Waals surface area contributed by atoms with Crippen molar-refractivity contribution < 1.29 is 0 Å².